The molecule has 0 amide bonds. The van der Waals surface area contributed by atoms with Crippen LogP contribution in [0.3, 0.4) is 0 Å². The van der Waals surface area contributed by atoms with E-state index in [0.29, 0.717) is 17.9 Å². The molecule has 3 rings (SSSR count). The molecule has 2 heterocycles. The van der Waals surface area contributed by atoms with Crippen LogP contribution in [0.5, 0.6) is 0 Å². The summed E-state index contributed by atoms with van der Waals surface area (Å²) in [5.41, 5.74) is 10.1. The molecule has 0 fully saturated rings. The molecule has 2 aromatic rings. The van der Waals surface area contributed by atoms with E-state index in [0.717, 1.165) is 44.7 Å². The van der Waals surface area contributed by atoms with Crippen LogP contribution in [0, 0.1) is 5.92 Å². The zero-order valence-corrected chi connectivity index (χ0v) is 16.4. The molecule has 1 aliphatic rings. The number of guanidine groups is 1. The number of nitrogens with two attached hydrogens (primary N) is 1. The molecule has 0 saturated heterocycles. The first-order valence-corrected chi connectivity index (χ1v) is 9.88. The number of aromatic nitrogens is 1. The summed E-state index contributed by atoms with van der Waals surface area (Å²) in [7, 11) is 0. The molecule has 1 aromatic carbocycles. The van der Waals surface area contributed by atoms with E-state index in [4.69, 9.17) is 5.73 Å². The van der Waals surface area contributed by atoms with Gasteiger partial charge in [0, 0.05) is 44.0 Å². The first kappa shape index (κ1) is 19.4. The third kappa shape index (κ3) is 5.54. The summed E-state index contributed by atoms with van der Waals surface area (Å²) in [6.07, 6.45) is 3.77. The van der Waals surface area contributed by atoms with Gasteiger partial charge in [-0.2, -0.15) is 0 Å². The van der Waals surface area contributed by atoms with Gasteiger partial charge >= 0.3 is 0 Å². The molecule has 5 heteroatoms. The number of aliphatic imine (C=N–C) groups is 1. The minimum Gasteiger partial charge on any atom is -0.370 e. The molecule has 0 radical (unpaired) electrons. The summed E-state index contributed by atoms with van der Waals surface area (Å²) in [4.78, 5) is 11.5. The lowest BCUT2D eigenvalue weighted by Gasteiger charge is -2.37. The van der Waals surface area contributed by atoms with E-state index >= 15 is 0 Å². The summed E-state index contributed by atoms with van der Waals surface area (Å²) in [5.74, 6) is 1.05. The highest BCUT2D eigenvalue weighted by Gasteiger charge is 2.25. The highest BCUT2D eigenvalue weighted by atomic mass is 15.2. The molecule has 1 aromatic heterocycles. The molecule has 0 spiro atoms. The van der Waals surface area contributed by atoms with Crippen molar-refractivity contribution in [2.45, 2.75) is 39.3 Å². The zero-order valence-electron chi connectivity index (χ0n) is 16.4. The van der Waals surface area contributed by atoms with Gasteiger partial charge in [0.25, 0.3) is 0 Å². The second-order valence-electron chi connectivity index (χ2n) is 7.52. The van der Waals surface area contributed by atoms with Gasteiger partial charge < -0.3 is 11.1 Å². The Morgan fingerprint density at radius 2 is 1.96 bits per heavy atom. The summed E-state index contributed by atoms with van der Waals surface area (Å²) in [5, 5.41) is 3.21. The summed E-state index contributed by atoms with van der Waals surface area (Å²) in [6, 6.07) is 15.1. The average molecular weight is 366 g/mol. The van der Waals surface area contributed by atoms with Gasteiger partial charge in [-0.15, -0.1) is 0 Å². The number of pyridine rings is 1. The molecule has 27 heavy (non-hydrogen) atoms. The Morgan fingerprint density at radius 1 is 1.19 bits per heavy atom. The van der Waals surface area contributed by atoms with Gasteiger partial charge in [-0.3, -0.25) is 14.9 Å². The third-order valence-electron chi connectivity index (χ3n) is 5.26. The Labute approximate surface area is 162 Å². The Morgan fingerprint density at radius 3 is 2.70 bits per heavy atom. The highest BCUT2D eigenvalue weighted by molar-refractivity contribution is 5.77. The average Bonchev–Trinajstić information content (AvgIpc) is 2.68. The number of rotatable bonds is 7. The van der Waals surface area contributed by atoms with Gasteiger partial charge in [0.1, 0.15) is 0 Å². The second-order valence-corrected chi connectivity index (χ2v) is 7.52. The van der Waals surface area contributed by atoms with Crippen molar-refractivity contribution in [1.29, 1.82) is 0 Å². The van der Waals surface area contributed by atoms with Crippen molar-refractivity contribution in [1.82, 2.24) is 15.2 Å². The molecule has 1 atom stereocenters. The predicted molar refractivity (Wildman–Crippen MR) is 112 cm³/mol. The predicted octanol–water partition coefficient (Wildman–Crippen LogP) is 2.61. The maximum atomic E-state index is 6.09. The maximum Gasteiger partial charge on any atom is 0.188 e. The SMILES string of the molecule is CC(C)C(CN=C(N)NCCc1ccccn1)N1CCc2ccccc2C1. The molecule has 5 nitrogen and oxygen atoms in total. The fourth-order valence-electron chi connectivity index (χ4n) is 3.66. The summed E-state index contributed by atoms with van der Waals surface area (Å²) >= 11 is 0. The second kappa shape index (κ2) is 9.51. The lowest BCUT2D eigenvalue weighted by Crippen LogP contribution is -2.45. The van der Waals surface area contributed by atoms with Crippen molar-refractivity contribution in [3.05, 3.63) is 65.5 Å². The minimum atomic E-state index is 0.398. The lowest BCUT2D eigenvalue weighted by atomic mass is 9.95. The van der Waals surface area contributed by atoms with Gasteiger partial charge in [-0.25, -0.2) is 0 Å². The molecule has 1 aliphatic heterocycles. The first-order valence-electron chi connectivity index (χ1n) is 9.88. The minimum absolute atomic E-state index is 0.398. The number of hydrogen-bond acceptors (Lipinski definition) is 3. The number of nitrogens with one attached hydrogen (secondary N) is 1. The summed E-state index contributed by atoms with van der Waals surface area (Å²) in [6.45, 7) is 8.10. The van der Waals surface area contributed by atoms with E-state index in [1.165, 1.54) is 11.1 Å². The van der Waals surface area contributed by atoms with Crippen LogP contribution in [-0.4, -0.2) is 41.5 Å². The van der Waals surface area contributed by atoms with Gasteiger partial charge in [0.05, 0.1) is 6.54 Å². The number of fused-ring (bicyclic) bond motifs is 1. The standard InChI is InChI=1S/C22H31N5/c1-17(2)21(27-14-11-18-7-3-4-8-19(18)16-27)15-26-22(23)25-13-10-20-9-5-6-12-24-20/h3-9,12,17,21H,10-11,13-16H2,1-2H3,(H3,23,25,26). The van der Waals surface area contributed by atoms with Crippen LogP contribution in [0.4, 0.5) is 0 Å². The van der Waals surface area contributed by atoms with Crippen LogP contribution in [0.15, 0.2) is 53.7 Å². The van der Waals surface area contributed by atoms with E-state index in [1.807, 2.05) is 24.4 Å². The van der Waals surface area contributed by atoms with Gasteiger partial charge in [-0.1, -0.05) is 44.2 Å². The summed E-state index contributed by atoms with van der Waals surface area (Å²) < 4.78 is 0. The highest BCUT2D eigenvalue weighted by Crippen LogP contribution is 2.23. The van der Waals surface area contributed by atoms with E-state index in [2.05, 4.69) is 58.3 Å². The molecular weight excluding hydrogens is 334 g/mol. The molecule has 0 bridgehead atoms. The largest absolute Gasteiger partial charge is 0.370 e. The van der Waals surface area contributed by atoms with E-state index in [1.54, 1.807) is 0 Å². The number of nitrogens with zero attached hydrogens (tertiary/aromatic N) is 3. The van der Waals surface area contributed by atoms with Gasteiger partial charge in [0.15, 0.2) is 5.96 Å². The number of benzene rings is 1. The smallest absolute Gasteiger partial charge is 0.188 e. The quantitative estimate of drug-likeness (QED) is 0.585. The number of hydrogen-bond donors (Lipinski definition) is 2. The van der Waals surface area contributed by atoms with E-state index in [-0.39, 0.29) is 0 Å². The first-order chi connectivity index (χ1) is 13.1. The fraction of sp³-hybridized carbons (Fsp3) is 0.455. The van der Waals surface area contributed by atoms with Crippen molar-refractivity contribution in [2.24, 2.45) is 16.6 Å². The van der Waals surface area contributed by atoms with Crippen molar-refractivity contribution in [3.8, 4) is 0 Å². The normalized spacial score (nSPS) is 16.2. The van der Waals surface area contributed by atoms with E-state index < -0.39 is 0 Å². The maximum absolute atomic E-state index is 6.09. The van der Waals surface area contributed by atoms with Crippen molar-refractivity contribution >= 4 is 5.96 Å². The Bertz CT molecular complexity index is 741. The molecular formula is C22H31N5. The Kier molecular flexibility index (Phi) is 6.82. The topological polar surface area (TPSA) is 66.5 Å². The third-order valence-corrected chi connectivity index (χ3v) is 5.26. The van der Waals surface area contributed by atoms with Crippen LogP contribution in [0.2, 0.25) is 0 Å². The van der Waals surface area contributed by atoms with Gasteiger partial charge in [0.2, 0.25) is 0 Å². The molecule has 144 valence electrons. The zero-order chi connectivity index (χ0) is 19.1. The Hall–Kier alpha value is -2.40. The lowest BCUT2D eigenvalue weighted by molar-refractivity contribution is 0.144. The van der Waals surface area contributed by atoms with Crippen molar-refractivity contribution in [2.75, 3.05) is 19.6 Å². The van der Waals surface area contributed by atoms with Crippen LogP contribution >= 0.6 is 0 Å². The molecule has 0 saturated carbocycles. The molecule has 0 aliphatic carbocycles. The van der Waals surface area contributed by atoms with Crippen LogP contribution < -0.4 is 11.1 Å². The van der Waals surface area contributed by atoms with Crippen molar-refractivity contribution in [3.63, 3.8) is 0 Å². The van der Waals surface area contributed by atoms with Crippen molar-refractivity contribution < 1.29 is 0 Å². The van der Waals surface area contributed by atoms with E-state index in [9.17, 15) is 0 Å². The monoisotopic (exact) mass is 365 g/mol. The molecule has 3 N–H and O–H groups in total. The Balaban J connectivity index is 1.52. The van der Waals surface area contributed by atoms with Gasteiger partial charge in [-0.05, 0) is 35.6 Å². The molecule has 1 unspecified atom stereocenters. The van der Waals surface area contributed by atoms with Crippen LogP contribution in [-0.2, 0) is 19.4 Å². The fourth-order valence-corrected chi connectivity index (χ4v) is 3.66. The van der Waals surface area contributed by atoms with Crippen LogP contribution in [0.25, 0.3) is 0 Å². The van der Waals surface area contributed by atoms with Crippen LogP contribution in [0.1, 0.15) is 30.7 Å².